The summed E-state index contributed by atoms with van der Waals surface area (Å²) in [5.74, 6) is 1.77. The van der Waals surface area contributed by atoms with Gasteiger partial charge in [0.15, 0.2) is 0 Å². The Hall–Kier alpha value is -1.67. The lowest BCUT2D eigenvalue weighted by molar-refractivity contribution is -0.389. The maximum atomic E-state index is 11.4. The van der Waals surface area contributed by atoms with Gasteiger partial charge in [0.05, 0.1) is 0 Å². The van der Waals surface area contributed by atoms with Crippen LogP contribution in [0.2, 0.25) is 0 Å². The number of nitrogens with two attached hydrogens (primary N) is 1. The van der Waals surface area contributed by atoms with E-state index >= 15 is 0 Å². The molecule has 21 heavy (non-hydrogen) atoms. The van der Waals surface area contributed by atoms with Crippen molar-refractivity contribution in [3.8, 4) is 0 Å². The molecular formula is C13H17N5O2S. The quantitative estimate of drug-likeness (QED) is 0.675. The Kier molecular flexibility index (Phi) is 2.90. The minimum atomic E-state index is -0.324. The van der Waals surface area contributed by atoms with Crippen LogP contribution in [-0.2, 0) is 0 Å². The molecule has 2 aliphatic rings. The summed E-state index contributed by atoms with van der Waals surface area (Å²) in [4.78, 5) is 18.4. The molecule has 2 aromatic heterocycles. The van der Waals surface area contributed by atoms with Gasteiger partial charge in [-0.1, -0.05) is 11.3 Å². The van der Waals surface area contributed by atoms with Crippen LogP contribution in [0.15, 0.2) is 11.6 Å². The Morgan fingerprint density at radius 3 is 3.00 bits per heavy atom. The van der Waals surface area contributed by atoms with Crippen LogP contribution < -0.4 is 10.6 Å². The number of hydrogen-bond acceptors (Lipinski definition) is 6. The number of rotatable bonds is 2. The van der Waals surface area contributed by atoms with Crippen LogP contribution in [0.25, 0.3) is 4.96 Å². The predicted octanol–water partition coefficient (Wildman–Crippen LogP) is 1.87. The Bertz CT molecular complexity index is 696. The molecule has 0 aromatic carbocycles. The van der Waals surface area contributed by atoms with E-state index in [0.29, 0.717) is 22.6 Å². The van der Waals surface area contributed by atoms with Gasteiger partial charge in [-0.15, -0.1) is 0 Å². The second-order valence-corrected chi connectivity index (χ2v) is 6.94. The van der Waals surface area contributed by atoms with E-state index in [4.69, 9.17) is 5.73 Å². The minimum Gasteiger partial charge on any atom is -0.358 e. The van der Waals surface area contributed by atoms with Crippen molar-refractivity contribution in [2.75, 3.05) is 18.0 Å². The molecule has 112 valence electrons. The summed E-state index contributed by atoms with van der Waals surface area (Å²) in [5, 5.41) is 13.2. The minimum absolute atomic E-state index is 0.0918. The zero-order valence-corrected chi connectivity index (χ0v) is 12.3. The maximum Gasteiger partial charge on any atom is 0.373 e. The summed E-state index contributed by atoms with van der Waals surface area (Å²) in [6, 6.07) is 0.284. The molecule has 2 aromatic rings. The summed E-state index contributed by atoms with van der Waals surface area (Å²) in [5.41, 5.74) is 6.05. The molecule has 2 fully saturated rings. The first-order valence-corrected chi connectivity index (χ1v) is 8.12. The van der Waals surface area contributed by atoms with Crippen molar-refractivity contribution in [3.05, 3.63) is 21.7 Å². The largest absolute Gasteiger partial charge is 0.373 e. The first-order chi connectivity index (χ1) is 10.1. The molecule has 1 aliphatic carbocycles. The van der Waals surface area contributed by atoms with Gasteiger partial charge >= 0.3 is 5.82 Å². The first kappa shape index (κ1) is 13.0. The van der Waals surface area contributed by atoms with E-state index in [2.05, 4.69) is 9.88 Å². The lowest BCUT2D eigenvalue weighted by atomic mass is 9.79. The second kappa shape index (κ2) is 4.67. The Labute approximate surface area is 125 Å². The van der Waals surface area contributed by atoms with E-state index in [-0.39, 0.29) is 16.8 Å². The first-order valence-electron chi connectivity index (χ1n) is 7.24. The molecule has 4 rings (SSSR count). The van der Waals surface area contributed by atoms with E-state index in [1.165, 1.54) is 11.3 Å². The molecule has 1 unspecified atom stereocenters. The highest BCUT2D eigenvalue weighted by molar-refractivity contribution is 7.15. The Balaban J connectivity index is 1.69. The third-order valence-electron chi connectivity index (χ3n) is 4.78. The molecule has 3 heterocycles. The van der Waals surface area contributed by atoms with Gasteiger partial charge in [-0.25, -0.2) is 0 Å². The standard InChI is InChI=1S/C13H17N5O2S/c14-10-2-1-8-6-16(7-9(8)5-10)11-12(18(19)20)17-3-4-21-13(17)15-11/h3-4,8-10H,1-2,5-7,14H2/t8-,9+,10?/m1/s1. The van der Waals surface area contributed by atoms with Crippen LogP contribution in [0.4, 0.5) is 11.6 Å². The van der Waals surface area contributed by atoms with Crippen LogP contribution >= 0.6 is 11.3 Å². The molecule has 8 heteroatoms. The predicted molar refractivity (Wildman–Crippen MR) is 80.7 cm³/mol. The third kappa shape index (κ3) is 2.01. The topological polar surface area (TPSA) is 89.7 Å². The lowest BCUT2D eigenvalue weighted by Gasteiger charge is -2.27. The highest BCUT2D eigenvalue weighted by Gasteiger charge is 2.40. The maximum absolute atomic E-state index is 11.4. The Morgan fingerprint density at radius 2 is 2.19 bits per heavy atom. The molecule has 3 atom stereocenters. The lowest BCUT2D eigenvalue weighted by Crippen LogP contribution is -2.32. The smallest absolute Gasteiger partial charge is 0.358 e. The Morgan fingerprint density at radius 1 is 1.38 bits per heavy atom. The van der Waals surface area contributed by atoms with Crippen molar-refractivity contribution in [2.45, 2.75) is 25.3 Å². The van der Waals surface area contributed by atoms with Crippen LogP contribution in [0, 0.1) is 22.0 Å². The van der Waals surface area contributed by atoms with E-state index in [1.54, 1.807) is 10.6 Å². The highest BCUT2D eigenvalue weighted by Crippen LogP contribution is 2.40. The fourth-order valence-electron chi connectivity index (χ4n) is 3.78. The van der Waals surface area contributed by atoms with Crippen molar-refractivity contribution in [3.63, 3.8) is 0 Å². The number of hydrogen-bond donors (Lipinski definition) is 1. The third-order valence-corrected chi connectivity index (χ3v) is 5.54. The van der Waals surface area contributed by atoms with Crippen LogP contribution in [0.3, 0.4) is 0 Å². The molecule has 1 saturated heterocycles. The van der Waals surface area contributed by atoms with E-state index < -0.39 is 0 Å². The zero-order chi connectivity index (χ0) is 14.6. The fourth-order valence-corrected chi connectivity index (χ4v) is 4.49. The molecule has 7 nitrogen and oxygen atoms in total. The van der Waals surface area contributed by atoms with Crippen molar-refractivity contribution in [1.82, 2.24) is 9.38 Å². The second-order valence-electron chi connectivity index (χ2n) is 6.07. The van der Waals surface area contributed by atoms with Crippen LogP contribution in [0.5, 0.6) is 0 Å². The number of nitro groups is 1. The average Bonchev–Trinajstić information content (AvgIpc) is 3.09. The molecule has 0 amide bonds. The number of aromatic nitrogens is 2. The van der Waals surface area contributed by atoms with Crippen molar-refractivity contribution in [2.24, 2.45) is 17.6 Å². The van der Waals surface area contributed by atoms with E-state index in [0.717, 1.165) is 32.4 Å². The summed E-state index contributed by atoms with van der Waals surface area (Å²) in [6.07, 6.45) is 4.93. The van der Waals surface area contributed by atoms with E-state index in [1.807, 2.05) is 5.38 Å². The van der Waals surface area contributed by atoms with Gasteiger partial charge in [0.2, 0.25) is 5.82 Å². The number of nitrogens with zero attached hydrogens (tertiary/aromatic N) is 4. The molecule has 1 saturated carbocycles. The number of anilines is 1. The van der Waals surface area contributed by atoms with Gasteiger partial charge in [0.25, 0.3) is 4.96 Å². The zero-order valence-electron chi connectivity index (χ0n) is 11.5. The number of imidazole rings is 1. The van der Waals surface area contributed by atoms with Gasteiger partial charge in [-0.05, 0) is 36.0 Å². The molecule has 0 spiro atoms. The van der Waals surface area contributed by atoms with Gasteiger partial charge in [-0.3, -0.25) is 0 Å². The molecule has 0 radical (unpaired) electrons. The van der Waals surface area contributed by atoms with Crippen molar-refractivity contribution in [1.29, 1.82) is 0 Å². The summed E-state index contributed by atoms with van der Waals surface area (Å²) >= 11 is 1.43. The van der Waals surface area contributed by atoms with Gasteiger partial charge in [0.1, 0.15) is 6.20 Å². The van der Waals surface area contributed by atoms with Crippen LogP contribution in [0.1, 0.15) is 19.3 Å². The molecular weight excluding hydrogens is 290 g/mol. The average molecular weight is 307 g/mol. The highest BCUT2D eigenvalue weighted by atomic mass is 32.1. The SMILES string of the molecule is NC1CC[C@@H]2CN(c3nc4sccn4c3[N+](=O)[O-])C[C@@H]2C1. The number of fused-ring (bicyclic) bond motifs is 2. The number of thiazole rings is 1. The van der Waals surface area contributed by atoms with Crippen LogP contribution in [-0.4, -0.2) is 33.4 Å². The van der Waals surface area contributed by atoms with Gasteiger partial charge in [-0.2, -0.15) is 9.38 Å². The van der Waals surface area contributed by atoms with Crippen molar-refractivity contribution < 1.29 is 4.92 Å². The fraction of sp³-hybridized carbons (Fsp3) is 0.615. The monoisotopic (exact) mass is 307 g/mol. The summed E-state index contributed by atoms with van der Waals surface area (Å²) < 4.78 is 1.58. The molecule has 1 aliphatic heterocycles. The summed E-state index contributed by atoms with van der Waals surface area (Å²) in [6.45, 7) is 1.70. The van der Waals surface area contributed by atoms with Crippen molar-refractivity contribution >= 4 is 27.9 Å². The van der Waals surface area contributed by atoms with Gasteiger partial charge < -0.3 is 20.7 Å². The molecule has 2 N–H and O–H groups in total. The summed E-state index contributed by atoms with van der Waals surface area (Å²) in [7, 11) is 0. The normalized spacial score (nSPS) is 29.0. The van der Waals surface area contributed by atoms with E-state index in [9.17, 15) is 10.1 Å². The molecule has 0 bridgehead atoms. The van der Waals surface area contributed by atoms with Gasteiger partial charge in [0, 0.05) is 24.5 Å².